The second-order valence-electron chi connectivity index (χ2n) is 3.81. The van der Waals surface area contributed by atoms with Gasteiger partial charge in [-0.2, -0.15) is 0 Å². The molecular formula is C10H14O5. The SMILES string of the molecule is CC(=O)OC(=O)C1CCCC(C(=O)O)C1. The predicted molar refractivity (Wildman–Crippen MR) is 49.9 cm³/mol. The smallest absolute Gasteiger partial charge is 0.316 e. The number of carboxylic acids is 1. The summed E-state index contributed by atoms with van der Waals surface area (Å²) >= 11 is 0. The van der Waals surface area contributed by atoms with Gasteiger partial charge in [-0.25, -0.2) is 0 Å². The van der Waals surface area contributed by atoms with Gasteiger partial charge in [-0.15, -0.1) is 0 Å². The maximum Gasteiger partial charge on any atom is 0.316 e. The summed E-state index contributed by atoms with van der Waals surface area (Å²) in [4.78, 5) is 32.6. The minimum atomic E-state index is -0.879. The van der Waals surface area contributed by atoms with Gasteiger partial charge in [0.2, 0.25) is 0 Å². The molecule has 1 fully saturated rings. The van der Waals surface area contributed by atoms with E-state index in [-0.39, 0.29) is 6.42 Å². The van der Waals surface area contributed by atoms with Crippen LogP contribution in [0.15, 0.2) is 0 Å². The van der Waals surface area contributed by atoms with Crippen LogP contribution < -0.4 is 0 Å². The summed E-state index contributed by atoms with van der Waals surface area (Å²) in [7, 11) is 0. The van der Waals surface area contributed by atoms with E-state index in [1.807, 2.05) is 0 Å². The summed E-state index contributed by atoms with van der Waals surface area (Å²) in [6, 6.07) is 0. The number of carbonyl (C=O) groups excluding carboxylic acids is 2. The summed E-state index contributed by atoms with van der Waals surface area (Å²) in [6.45, 7) is 1.16. The molecule has 2 unspecified atom stereocenters. The molecule has 0 spiro atoms. The topological polar surface area (TPSA) is 80.7 Å². The lowest BCUT2D eigenvalue weighted by Gasteiger charge is -2.24. The van der Waals surface area contributed by atoms with E-state index < -0.39 is 29.7 Å². The average molecular weight is 214 g/mol. The average Bonchev–Trinajstić information content (AvgIpc) is 2.17. The highest BCUT2D eigenvalue weighted by Crippen LogP contribution is 2.29. The Labute approximate surface area is 87.4 Å². The zero-order valence-corrected chi connectivity index (χ0v) is 8.56. The monoisotopic (exact) mass is 214 g/mol. The Morgan fingerprint density at radius 1 is 1.20 bits per heavy atom. The molecule has 0 saturated heterocycles. The van der Waals surface area contributed by atoms with Crippen molar-refractivity contribution in [2.75, 3.05) is 0 Å². The van der Waals surface area contributed by atoms with E-state index in [4.69, 9.17) is 5.11 Å². The second kappa shape index (κ2) is 4.91. The number of carbonyl (C=O) groups is 3. The Bertz CT molecular complexity index is 284. The van der Waals surface area contributed by atoms with Crippen LogP contribution >= 0.6 is 0 Å². The van der Waals surface area contributed by atoms with Crippen molar-refractivity contribution in [3.63, 3.8) is 0 Å². The van der Waals surface area contributed by atoms with Gasteiger partial charge >= 0.3 is 17.9 Å². The number of hydrogen-bond donors (Lipinski definition) is 1. The van der Waals surface area contributed by atoms with Crippen molar-refractivity contribution in [2.24, 2.45) is 11.8 Å². The first-order valence-corrected chi connectivity index (χ1v) is 4.95. The zero-order valence-electron chi connectivity index (χ0n) is 8.56. The summed E-state index contributed by atoms with van der Waals surface area (Å²) in [5.41, 5.74) is 0. The van der Waals surface area contributed by atoms with Crippen LogP contribution in [-0.4, -0.2) is 23.0 Å². The van der Waals surface area contributed by atoms with Gasteiger partial charge in [-0.3, -0.25) is 14.4 Å². The minimum Gasteiger partial charge on any atom is -0.481 e. The molecule has 0 heterocycles. The lowest BCUT2D eigenvalue weighted by molar-refractivity contribution is -0.162. The quantitative estimate of drug-likeness (QED) is 0.547. The van der Waals surface area contributed by atoms with Crippen LogP contribution in [0.25, 0.3) is 0 Å². The van der Waals surface area contributed by atoms with E-state index in [1.54, 1.807) is 0 Å². The fourth-order valence-electron chi connectivity index (χ4n) is 1.85. The normalized spacial score (nSPS) is 25.7. The first kappa shape index (κ1) is 11.7. The third-order valence-corrected chi connectivity index (χ3v) is 2.60. The van der Waals surface area contributed by atoms with Gasteiger partial charge < -0.3 is 9.84 Å². The predicted octanol–water partition coefficient (Wildman–Crippen LogP) is 0.967. The number of aliphatic carboxylic acids is 1. The van der Waals surface area contributed by atoms with Gasteiger partial charge in [0.15, 0.2) is 0 Å². The Hall–Kier alpha value is -1.39. The van der Waals surface area contributed by atoms with Crippen LogP contribution in [-0.2, 0) is 19.1 Å². The molecule has 1 aliphatic carbocycles. The number of esters is 2. The van der Waals surface area contributed by atoms with Crippen molar-refractivity contribution in [3.05, 3.63) is 0 Å². The van der Waals surface area contributed by atoms with Crippen LogP contribution in [0.1, 0.15) is 32.6 Å². The molecule has 5 heteroatoms. The number of carboxylic acid groups (broad SMARTS) is 1. The highest BCUT2D eigenvalue weighted by molar-refractivity contribution is 5.86. The van der Waals surface area contributed by atoms with Crippen molar-refractivity contribution in [3.8, 4) is 0 Å². The van der Waals surface area contributed by atoms with Gasteiger partial charge in [-0.1, -0.05) is 6.42 Å². The molecule has 1 aliphatic rings. The van der Waals surface area contributed by atoms with Crippen LogP contribution in [0, 0.1) is 11.8 Å². The number of ether oxygens (including phenoxy) is 1. The Morgan fingerprint density at radius 2 is 1.80 bits per heavy atom. The molecule has 2 atom stereocenters. The first-order chi connectivity index (χ1) is 7.00. The van der Waals surface area contributed by atoms with Crippen molar-refractivity contribution in [1.82, 2.24) is 0 Å². The molecule has 1 N–H and O–H groups in total. The third-order valence-electron chi connectivity index (χ3n) is 2.60. The lowest BCUT2D eigenvalue weighted by atomic mass is 9.81. The van der Waals surface area contributed by atoms with Crippen LogP contribution in [0.3, 0.4) is 0 Å². The van der Waals surface area contributed by atoms with Crippen molar-refractivity contribution in [1.29, 1.82) is 0 Å². The molecule has 0 radical (unpaired) electrons. The van der Waals surface area contributed by atoms with E-state index in [2.05, 4.69) is 4.74 Å². The molecule has 0 aliphatic heterocycles. The highest BCUT2D eigenvalue weighted by atomic mass is 16.6. The molecule has 1 saturated carbocycles. The molecule has 0 aromatic carbocycles. The summed E-state index contributed by atoms with van der Waals surface area (Å²) in [6.07, 6.45) is 2.17. The molecule has 1 rings (SSSR count). The molecule has 0 aromatic rings. The van der Waals surface area contributed by atoms with Crippen molar-refractivity contribution in [2.45, 2.75) is 32.6 Å². The molecule has 84 valence electrons. The minimum absolute atomic E-state index is 0.279. The van der Waals surface area contributed by atoms with Crippen molar-refractivity contribution >= 4 is 17.9 Å². The van der Waals surface area contributed by atoms with E-state index in [0.717, 1.165) is 6.92 Å². The molecule has 0 amide bonds. The molecule has 0 bridgehead atoms. The standard InChI is InChI=1S/C10H14O5/c1-6(11)15-10(14)8-4-2-3-7(5-8)9(12)13/h7-8H,2-5H2,1H3,(H,12,13). The molecular weight excluding hydrogens is 200 g/mol. The zero-order chi connectivity index (χ0) is 11.4. The fraction of sp³-hybridized carbons (Fsp3) is 0.700. The number of hydrogen-bond acceptors (Lipinski definition) is 4. The Kier molecular flexibility index (Phi) is 3.82. The van der Waals surface area contributed by atoms with Gasteiger partial charge in [0.05, 0.1) is 11.8 Å². The van der Waals surface area contributed by atoms with E-state index in [1.165, 1.54) is 0 Å². The van der Waals surface area contributed by atoms with Gasteiger partial charge in [-0.05, 0) is 19.3 Å². The van der Waals surface area contributed by atoms with Gasteiger partial charge in [0, 0.05) is 6.92 Å². The summed E-state index contributed by atoms with van der Waals surface area (Å²) in [5, 5.41) is 8.80. The van der Waals surface area contributed by atoms with E-state index in [9.17, 15) is 14.4 Å². The highest BCUT2D eigenvalue weighted by Gasteiger charge is 2.32. The largest absolute Gasteiger partial charge is 0.481 e. The third kappa shape index (κ3) is 3.34. The Balaban J connectivity index is 2.52. The maximum absolute atomic E-state index is 11.3. The molecule has 15 heavy (non-hydrogen) atoms. The lowest BCUT2D eigenvalue weighted by Crippen LogP contribution is -2.29. The summed E-state index contributed by atoms with van der Waals surface area (Å²) in [5.74, 6) is -3.03. The van der Waals surface area contributed by atoms with Crippen LogP contribution in [0.2, 0.25) is 0 Å². The maximum atomic E-state index is 11.3. The van der Waals surface area contributed by atoms with Crippen LogP contribution in [0.5, 0.6) is 0 Å². The Morgan fingerprint density at radius 3 is 2.33 bits per heavy atom. The molecule has 5 nitrogen and oxygen atoms in total. The van der Waals surface area contributed by atoms with Crippen molar-refractivity contribution < 1.29 is 24.2 Å². The van der Waals surface area contributed by atoms with Gasteiger partial charge in [0.25, 0.3) is 0 Å². The van der Waals surface area contributed by atoms with E-state index in [0.29, 0.717) is 19.3 Å². The van der Waals surface area contributed by atoms with Gasteiger partial charge in [0.1, 0.15) is 0 Å². The first-order valence-electron chi connectivity index (χ1n) is 4.95. The second-order valence-corrected chi connectivity index (χ2v) is 3.81. The fourth-order valence-corrected chi connectivity index (χ4v) is 1.85. The summed E-state index contributed by atoms with van der Waals surface area (Å²) < 4.78 is 4.45. The number of rotatable bonds is 2. The van der Waals surface area contributed by atoms with E-state index >= 15 is 0 Å². The van der Waals surface area contributed by atoms with Crippen LogP contribution in [0.4, 0.5) is 0 Å². The molecule has 0 aromatic heterocycles.